The zero-order valence-electron chi connectivity index (χ0n) is 13.0. The van der Waals surface area contributed by atoms with E-state index in [1.54, 1.807) is 7.05 Å². The lowest BCUT2D eigenvalue weighted by Gasteiger charge is -2.34. The van der Waals surface area contributed by atoms with Gasteiger partial charge in [0.05, 0.1) is 6.10 Å². The average molecular weight is 288 g/mol. The van der Waals surface area contributed by atoms with Gasteiger partial charge in [-0.3, -0.25) is 4.79 Å². The van der Waals surface area contributed by atoms with Gasteiger partial charge in [0, 0.05) is 17.3 Å². The number of anilines is 1. The van der Waals surface area contributed by atoms with Crippen molar-refractivity contribution in [3.63, 3.8) is 0 Å². The molecule has 1 atom stereocenters. The van der Waals surface area contributed by atoms with Gasteiger partial charge in [-0.25, -0.2) is 0 Å². The average Bonchev–Trinajstić information content (AvgIpc) is 2.75. The minimum Gasteiger partial charge on any atom is -0.490 e. The van der Waals surface area contributed by atoms with Gasteiger partial charge in [0.1, 0.15) is 11.8 Å². The molecule has 1 fully saturated rings. The van der Waals surface area contributed by atoms with Crippen LogP contribution in [0.2, 0.25) is 0 Å². The van der Waals surface area contributed by atoms with Gasteiger partial charge in [-0.05, 0) is 44.2 Å². The Bertz CT molecular complexity index is 544. The third-order valence-electron chi connectivity index (χ3n) is 4.73. The Labute approximate surface area is 126 Å². The van der Waals surface area contributed by atoms with E-state index in [2.05, 4.69) is 24.5 Å². The molecular weight excluding hydrogens is 264 g/mol. The summed E-state index contributed by atoms with van der Waals surface area (Å²) in [7, 11) is 1.80. The van der Waals surface area contributed by atoms with E-state index in [4.69, 9.17) is 4.74 Å². The molecule has 0 aromatic heterocycles. The molecule has 1 aromatic carbocycles. The van der Waals surface area contributed by atoms with Crippen LogP contribution in [0.1, 0.15) is 51.1 Å². The summed E-state index contributed by atoms with van der Waals surface area (Å²) >= 11 is 0. The van der Waals surface area contributed by atoms with E-state index in [0.29, 0.717) is 11.5 Å². The molecular formula is C17H24N2O2. The zero-order valence-corrected chi connectivity index (χ0v) is 13.0. The number of amides is 1. The Morgan fingerprint density at radius 1 is 1.29 bits per heavy atom. The minimum absolute atomic E-state index is 0.00376. The Morgan fingerprint density at radius 3 is 2.67 bits per heavy atom. The molecule has 1 heterocycles. The van der Waals surface area contributed by atoms with Crippen LogP contribution >= 0.6 is 0 Å². The summed E-state index contributed by atoms with van der Waals surface area (Å²) < 4.78 is 6.11. The van der Waals surface area contributed by atoms with Gasteiger partial charge in [-0.1, -0.05) is 19.9 Å². The Kier molecular flexibility index (Phi) is 3.66. The smallest absolute Gasteiger partial charge is 0.246 e. The first-order chi connectivity index (χ1) is 9.98. The highest BCUT2D eigenvalue weighted by Gasteiger charge is 2.30. The number of rotatable bonds is 3. The lowest BCUT2D eigenvalue weighted by Crippen LogP contribution is -2.28. The van der Waals surface area contributed by atoms with Crippen LogP contribution in [0.5, 0.6) is 5.75 Å². The predicted octanol–water partition coefficient (Wildman–Crippen LogP) is 3.25. The number of likely N-dealkylation sites (N-methyl/N-ethyl adjacent to an activating group) is 1. The molecule has 0 spiro atoms. The lowest BCUT2D eigenvalue weighted by atomic mass is 9.76. The van der Waals surface area contributed by atoms with Gasteiger partial charge in [-0.2, -0.15) is 0 Å². The van der Waals surface area contributed by atoms with Crippen molar-refractivity contribution in [1.29, 1.82) is 0 Å². The molecule has 1 saturated carbocycles. The van der Waals surface area contributed by atoms with Crippen molar-refractivity contribution in [2.75, 3.05) is 12.4 Å². The van der Waals surface area contributed by atoms with Crippen LogP contribution < -0.4 is 15.4 Å². The number of ether oxygens (including phenoxy) is 1. The summed E-state index contributed by atoms with van der Waals surface area (Å²) in [5.41, 5.74) is 2.32. The SMILES string of the molecule is CNC1C(=O)Nc2cc(OC3CCC(C)(C)CC3)ccc21. The van der Waals surface area contributed by atoms with E-state index in [-0.39, 0.29) is 11.9 Å². The second kappa shape index (κ2) is 5.34. The number of hydrogen-bond donors (Lipinski definition) is 2. The van der Waals surface area contributed by atoms with Gasteiger partial charge in [0.25, 0.3) is 0 Å². The second-order valence-corrected chi connectivity index (χ2v) is 6.94. The highest BCUT2D eigenvalue weighted by molar-refractivity contribution is 6.02. The normalized spacial score (nSPS) is 24.5. The molecule has 2 N–H and O–H groups in total. The van der Waals surface area contributed by atoms with Crippen LogP contribution in [0.3, 0.4) is 0 Å². The van der Waals surface area contributed by atoms with E-state index in [0.717, 1.165) is 29.8 Å². The molecule has 3 rings (SSSR count). The maximum absolute atomic E-state index is 11.8. The Balaban J connectivity index is 1.69. The molecule has 1 aliphatic heterocycles. The maximum atomic E-state index is 11.8. The van der Waals surface area contributed by atoms with Gasteiger partial charge < -0.3 is 15.4 Å². The van der Waals surface area contributed by atoms with Crippen molar-refractivity contribution in [3.8, 4) is 5.75 Å². The van der Waals surface area contributed by atoms with E-state index in [1.807, 2.05) is 18.2 Å². The summed E-state index contributed by atoms with van der Waals surface area (Å²) in [6, 6.07) is 5.66. The highest BCUT2D eigenvalue weighted by Crippen LogP contribution is 2.38. The molecule has 2 aliphatic rings. The van der Waals surface area contributed by atoms with Crippen LogP contribution in [0.15, 0.2) is 18.2 Å². The summed E-state index contributed by atoms with van der Waals surface area (Å²) in [5.74, 6) is 0.861. The molecule has 21 heavy (non-hydrogen) atoms. The first kappa shape index (κ1) is 14.4. The van der Waals surface area contributed by atoms with Crippen molar-refractivity contribution < 1.29 is 9.53 Å². The van der Waals surface area contributed by atoms with Gasteiger partial charge >= 0.3 is 0 Å². The second-order valence-electron chi connectivity index (χ2n) is 6.94. The monoisotopic (exact) mass is 288 g/mol. The zero-order chi connectivity index (χ0) is 15.0. The molecule has 4 heteroatoms. The number of hydrogen-bond acceptors (Lipinski definition) is 3. The van der Waals surface area contributed by atoms with E-state index in [1.165, 1.54) is 12.8 Å². The maximum Gasteiger partial charge on any atom is 0.246 e. The van der Waals surface area contributed by atoms with Crippen LogP contribution in [-0.2, 0) is 4.79 Å². The molecule has 1 aromatic rings. The van der Waals surface area contributed by atoms with Crippen molar-refractivity contribution >= 4 is 11.6 Å². The Morgan fingerprint density at radius 2 is 2.00 bits per heavy atom. The number of fused-ring (bicyclic) bond motifs is 1. The fraction of sp³-hybridized carbons (Fsp3) is 0.588. The van der Waals surface area contributed by atoms with Crippen molar-refractivity contribution in [2.45, 2.75) is 51.7 Å². The van der Waals surface area contributed by atoms with Crippen LogP contribution in [0.4, 0.5) is 5.69 Å². The van der Waals surface area contributed by atoms with Crippen LogP contribution in [0, 0.1) is 5.41 Å². The molecule has 1 aliphatic carbocycles. The van der Waals surface area contributed by atoms with Gasteiger partial charge in [0.15, 0.2) is 0 Å². The molecule has 0 saturated heterocycles. The number of carbonyl (C=O) groups excluding carboxylic acids is 1. The summed E-state index contributed by atoms with van der Waals surface area (Å²) in [4.78, 5) is 11.8. The largest absolute Gasteiger partial charge is 0.490 e. The third-order valence-corrected chi connectivity index (χ3v) is 4.73. The third kappa shape index (κ3) is 2.91. The molecule has 114 valence electrons. The predicted molar refractivity (Wildman–Crippen MR) is 83.5 cm³/mol. The first-order valence-electron chi connectivity index (χ1n) is 7.77. The van der Waals surface area contributed by atoms with Crippen molar-refractivity contribution in [3.05, 3.63) is 23.8 Å². The number of carbonyl (C=O) groups is 1. The van der Waals surface area contributed by atoms with Crippen molar-refractivity contribution in [1.82, 2.24) is 5.32 Å². The molecule has 4 nitrogen and oxygen atoms in total. The fourth-order valence-corrected chi connectivity index (χ4v) is 3.28. The van der Waals surface area contributed by atoms with E-state index in [9.17, 15) is 4.79 Å². The minimum atomic E-state index is -0.246. The fourth-order valence-electron chi connectivity index (χ4n) is 3.28. The van der Waals surface area contributed by atoms with Crippen LogP contribution in [0.25, 0.3) is 0 Å². The topological polar surface area (TPSA) is 50.4 Å². The van der Waals surface area contributed by atoms with Gasteiger partial charge in [0.2, 0.25) is 5.91 Å². The summed E-state index contributed by atoms with van der Waals surface area (Å²) in [6.07, 6.45) is 4.93. The lowest BCUT2D eigenvalue weighted by molar-refractivity contribution is -0.117. The highest BCUT2D eigenvalue weighted by atomic mass is 16.5. The van der Waals surface area contributed by atoms with Crippen LogP contribution in [-0.4, -0.2) is 19.1 Å². The molecule has 1 amide bonds. The molecule has 0 bridgehead atoms. The molecule has 0 radical (unpaired) electrons. The first-order valence-corrected chi connectivity index (χ1v) is 7.77. The Hall–Kier alpha value is -1.55. The number of benzene rings is 1. The van der Waals surface area contributed by atoms with E-state index >= 15 is 0 Å². The summed E-state index contributed by atoms with van der Waals surface area (Å²) in [5, 5.41) is 5.93. The van der Waals surface area contributed by atoms with Gasteiger partial charge in [-0.15, -0.1) is 0 Å². The quantitative estimate of drug-likeness (QED) is 0.897. The van der Waals surface area contributed by atoms with E-state index < -0.39 is 0 Å². The number of nitrogens with one attached hydrogen (secondary N) is 2. The van der Waals surface area contributed by atoms with Crippen molar-refractivity contribution in [2.24, 2.45) is 5.41 Å². The standard InChI is InChI=1S/C17H24N2O2/c1-17(2)8-6-11(7-9-17)21-12-4-5-13-14(10-12)19-16(20)15(13)18-3/h4-5,10-11,15,18H,6-9H2,1-3H3,(H,19,20). The molecule has 1 unspecified atom stereocenters. The summed E-state index contributed by atoms with van der Waals surface area (Å²) in [6.45, 7) is 4.65.